The molecule has 0 aromatic rings. The second kappa shape index (κ2) is 4.79. The molecule has 0 amide bonds. The van der Waals surface area contributed by atoms with E-state index < -0.39 is 24.5 Å². The number of hydrogen-bond acceptors (Lipinski definition) is 4. The molecule has 5 heteroatoms. The number of esters is 1. The van der Waals surface area contributed by atoms with Crippen molar-refractivity contribution >= 4 is 11.8 Å². The molecule has 0 radical (unpaired) electrons. The third-order valence-electron chi connectivity index (χ3n) is 1.08. The smallest absolute Gasteiger partial charge is 0.342 e. The number of ether oxygens (including phenoxy) is 2. The topological polar surface area (TPSA) is 52.6 Å². The molecule has 0 spiro atoms. The van der Waals surface area contributed by atoms with Crippen LogP contribution >= 0.6 is 0 Å². The first-order valence-electron chi connectivity index (χ1n) is 2.86. The van der Waals surface area contributed by atoms with Crippen molar-refractivity contribution in [1.29, 1.82) is 0 Å². The van der Waals surface area contributed by atoms with Gasteiger partial charge in [-0.05, 0) is 0 Å². The number of halogens is 1. The van der Waals surface area contributed by atoms with Crippen molar-refractivity contribution in [3.05, 3.63) is 0 Å². The Morgan fingerprint density at radius 3 is 2.27 bits per heavy atom. The molecule has 0 aliphatic rings. The van der Waals surface area contributed by atoms with E-state index in [1.807, 2.05) is 0 Å². The lowest BCUT2D eigenvalue weighted by molar-refractivity contribution is -0.157. The van der Waals surface area contributed by atoms with Crippen LogP contribution in [0.25, 0.3) is 0 Å². The minimum Gasteiger partial charge on any atom is -0.467 e. The van der Waals surface area contributed by atoms with E-state index in [1.165, 1.54) is 0 Å². The zero-order valence-corrected chi connectivity index (χ0v) is 6.30. The Kier molecular flexibility index (Phi) is 4.36. The zero-order valence-electron chi connectivity index (χ0n) is 6.30. The van der Waals surface area contributed by atoms with E-state index in [2.05, 4.69) is 9.47 Å². The van der Waals surface area contributed by atoms with Crippen molar-refractivity contribution in [1.82, 2.24) is 0 Å². The molecule has 11 heavy (non-hydrogen) atoms. The maximum atomic E-state index is 11.7. The summed E-state index contributed by atoms with van der Waals surface area (Å²) >= 11 is 0. The molecule has 0 saturated heterocycles. The van der Waals surface area contributed by atoms with Crippen LogP contribution in [0.3, 0.4) is 0 Å². The van der Waals surface area contributed by atoms with Crippen molar-refractivity contribution in [2.24, 2.45) is 0 Å². The van der Waals surface area contributed by atoms with Gasteiger partial charge in [-0.2, -0.15) is 0 Å². The van der Waals surface area contributed by atoms with Gasteiger partial charge >= 0.3 is 5.97 Å². The molecule has 1 atom stereocenters. The molecule has 0 aliphatic heterocycles. The van der Waals surface area contributed by atoms with Crippen LogP contribution in [0.1, 0.15) is 0 Å². The van der Waals surface area contributed by atoms with Crippen LogP contribution in [0, 0.1) is 0 Å². The van der Waals surface area contributed by atoms with Crippen LogP contribution in [-0.2, 0) is 19.1 Å². The van der Waals surface area contributed by atoms with E-state index in [0.29, 0.717) is 0 Å². The fraction of sp³-hybridized carbons (Fsp3) is 0.667. The fourth-order valence-electron chi connectivity index (χ4n) is 0.536. The molecule has 64 valence electrons. The third kappa shape index (κ3) is 2.63. The molecule has 1 unspecified atom stereocenters. The first kappa shape index (κ1) is 10.0. The summed E-state index contributed by atoms with van der Waals surface area (Å²) in [5, 5.41) is 0. The number of methoxy groups -OCH3 is 2. The Hall–Kier alpha value is -0.970. The molecule has 0 aliphatic carbocycles. The Morgan fingerprint density at radius 1 is 1.45 bits per heavy atom. The zero-order chi connectivity index (χ0) is 8.85. The summed E-state index contributed by atoms with van der Waals surface area (Å²) in [5.41, 5.74) is 0. The van der Waals surface area contributed by atoms with E-state index >= 15 is 0 Å². The van der Waals surface area contributed by atoms with Crippen molar-refractivity contribution in [2.45, 2.75) is 6.10 Å². The van der Waals surface area contributed by atoms with Gasteiger partial charge < -0.3 is 9.47 Å². The van der Waals surface area contributed by atoms with Gasteiger partial charge in [0.05, 0.1) is 7.11 Å². The number of carbonyl (C=O) groups is 2. The first-order chi connectivity index (χ1) is 5.17. The van der Waals surface area contributed by atoms with E-state index in [9.17, 15) is 14.0 Å². The van der Waals surface area contributed by atoms with E-state index in [1.54, 1.807) is 0 Å². The average molecular weight is 164 g/mol. The number of carbonyl (C=O) groups excluding carboxylic acids is 2. The molecular formula is C6H9FO4. The largest absolute Gasteiger partial charge is 0.467 e. The summed E-state index contributed by atoms with van der Waals surface area (Å²) < 4.78 is 20.2. The summed E-state index contributed by atoms with van der Waals surface area (Å²) in [5.74, 6) is -1.81. The predicted molar refractivity (Wildman–Crippen MR) is 33.8 cm³/mol. The summed E-state index contributed by atoms with van der Waals surface area (Å²) in [6.07, 6.45) is -1.43. The minimum absolute atomic E-state index is 0.879. The van der Waals surface area contributed by atoms with Gasteiger partial charge in [0.25, 0.3) is 0 Å². The molecule has 0 N–H and O–H groups in total. The highest BCUT2D eigenvalue weighted by atomic mass is 19.1. The number of rotatable bonds is 4. The first-order valence-corrected chi connectivity index (χ1v) is 2.86. The molecule has 0 rings (SSSR count). The number of ketones is 1. The summed E-state index contributed by atoms with van der Waals surface area (Å²) in [4.78, 5) is 21.2. The molecule has 0 aromatic carbocycles. The van der Waals surface area contributed by atoms with Crippen LogP contribution in [0.4, 0.5) is 4.39 Å². The second-order valence-electron chi connectivity index (χ2n) is 1.74. The van der Waals surface area contributed by atoms with Crippen molar-refractivity contribution in [2.75, 3.05) is 20.9 Å². The maximum absolute atomic E-state index is 11.7. The van der Waals surface area contributed by atoms with Gasteiger partial charge in [0.15, 0.2) is 6.67 Å². The fourth-order valence-corrected chi connectivity index (χ4v) is 0.536. The average Bonchev–Trinajstić information content (AvgIpc) is 2.05. The van der Waals surface area contributed by atoms with Gasteiger partial charge in [0, 0.05) is 7.11 Å². The van der Waals surface area contributed by atoms with E-state index in [-0.39, 0.29) is 0 Å². The predicted octanol–water partition coefficient (Wildman–Crippen LogP) is -0.287. The molecule has 4 nitrogen and oxygen atoms in total. The number of Topliss-reactive ketones (excluding diaryl/α,β-unsaturated/α-hetero) is 1. The second-order valence-corrected chi connectivity index (χ2v) is 1.74. The Labute approximate surface area is 63.3 Å². The molecule has 0 bridgehead atoms. The van der Waals surface area contributed by atoms with Gasteiger partial charge in [0.1, 0.15) is 0 Å². The molecule has 0 saturated carbocycles. The van der Waals surface area contributed by atoms with Crippen molar-refractivity contribution in [3.63, 3.8) is 0 Å². The lowest BCUT2D eigenvalue weighted by Crippen LogP contribution is -2.34. The molecule has 0 heterocycles. The van der Waals surface area contributed by atoms with Gasteiger partial charge in [-0.25, -0.2) is 9.18 Å². The van der Waals surface area contributed by atoms with Crippen LogP contribution in [0.5, 0.6) is 0 Å². The quantitative estimate of drug-likeness (QED) is 0.423. The minimum atomic E-state index is -1.43. The highest BCUT2D eigenvalue weighted by Crippen LogP contribution is 1.95. The monoisotopic (exact) mass is 164 g/mol. The molecule has 0 fully saturated rings. The number of hydrogen-bond donors (Lipinski definition) is 0. The van der Waals surface area contributed by atoms with Gasteiger partial charge in [-0.3, -0.25) is 4.79 Å². The SMILES string of the molecule is COC(=O)C(OC)C(=O)CF. The summed E-state index contributed by atoms with van der Waals surface area (Å²) in [7, 11) is 2.23. The van der Waals surface area contributed by atoms with Crippen LogP contribution < -0.4 is 0 Å². The van der Waals surface area contributed by atoms with Crippen LogP contribution in [-0.4, -0.2) is 38.8 Å². The Morgan fingerprint density at radius 2 is 2.00 bits per heavy atom. The van der Waals surface area contributed by atoms with E-state index in [4.69, 9.17) is 0 Å². The number of alkyl halides is 1. The normalized spacial score (nSPS) is 12.3. The van der Waals surface area contributed by atoms with Crippen LogP contribution in [0.15, 0.2) is 0 Å². The summed E-state index contributed by atoms with van der Waals surface area (Å²) in [6, 6.07) is 0. The molecule has 0 aromatic heterocycles. The van der Waals surface area contributed by atoms with Gasteiger partial charge in [0.2, 0.25) is 11.9 Å². The lowest BCUT2D eigenvalue weighted by Gasteiger charge is -2.08. The highest BCUT2D eigenvalue weighted by Gasteiger charge is 2.26. The third-order valence-corrected chi connectivity index (χ3v) is 1.08. The van der Waals surface area contributed by atoms with Crippen LogP contribution in [0.2, 0.25) is 0 Å². The Balaban J connectivity index is 4.15. The van der Waals surface area contributed by atoms with Gasteiger partial charge in [-0.1, -0.05) is 0 Å². The van der Waals surface area contributed by atoms with Gasteiger partial charge in [-0.15, -0.1) is 0 Å². The summed E-state index contributed by atoms with van der Waals surface area (Å²) in [6.45, 7) is -1.23. The van der Waals surface area contributed by atoms with E-state index in [0.717, 1.165) is 14.2 Å². The molecular weight excluding hydrogens is 155 g/mol. The van der Waals surface area contributed by atoms with Crippen molar-refractivity contribution in [3.8, 4) is 0 Å². The highest BCUT2D eigenvalue weighted by molar-refractivity contribution is 6.02. The lowest BCUT2D eigenvalue weighted by atomic mass is 10.2. The van der Waals surface area contributed by atoms with Crippen molar-refractivity contribution < 1.29 is 23.5 Å². The standard InChI is InChI=1S/C6H9FO4/c1-10-5(4(8)3-7)6(9)11-2/h5H,3H2,1-2H3. The maximum Gasteiger partial charge on any atom is 0.342 e. The Bertz CT molecular complexity index is 141.